The van der Waals surface area contributed by atoms with Crippen molar-refractivity contribution in [2.75, 3.05) is 0 Å². The normalized spacial score (nSPS) is 12.1. The zero-order valence-corrected chi connectivity index (χ0v) is 9.69. The molecule has 18 heavy (non-hydrogen) atoms. The largest absolute Gasteiger partial charge is 0.381 e. The molecule has 92 valence electrons. The molecule has 2 rings (SSSR count). The fourth-order valence-electron chi connectivity index (χ4n) is 1.61. The number of carbonyl (C=O) groups excluding carboxylic acids is 1. The molecule has 1 aromatic carbocycles. The van der Waals surface area contributed by atoms with E-state index in [0.717, 1.165) is 0 Å². The highest BCUT2D eigenvalue weighted by Crippen LogP contribution is 2.16. The Labute approximate surface area is 103 Å². The lowest BCUT2D eigenvalue weighted by atomic mass is 10.1. The predicted octanol–water partition coefficient (Wildman–Crippen LogP) is 2.24. The number of carbonyl (C=O) groups is 1. The molecule has 0 amide bonds. The van der Waals surface area contributed by atoms with Crippen molar-refractivity contribution in [1.29, 1.82) is 0 Å². The van der Waals surface area contributed by atoms with Gasteiger partial charge in [0.2, 0.25) is 6.33 Å². The van der Waals surface area contributed by atoms with E-state index in [-0.39, 0.29) is 11.6 Å². The van der Waals surface area contributed by atoms with Crippen molar-refractivity contribution in [2.45, 2.75) is 13.0 Å². The maximum Gasteiger partial charge on any atom is 0.381 e. The van der Waals surface area contributed by atoms with Gasteiger partial charge in [0.25, 0.3) is 0 Å². The average Bonchev–Trinajstić information content (AvgIpc) is 2.88. The van der Waals surface area contributed by atoms with Gasteiger partial charge in [-0.25, -0.2) is 0 Å². The summed E-state index contributed by atoms with van der Waals surface area (Å²) in [6.07, 6.45) is 2.55. The van der Waals surface area contributed by atoms with E-state index in [1.165, 1.54) is 17.1 Å². The van der Waals surface area contributed by atoms with E-state index in [1.807, 2.05) is 6.07 Å². The lowest BCUT2D eigenvalue weighted by Gasteiger charge is -2.10. The minimum Gasteiger partial charge on any atom is -0.358 e. The number of hydrogen-bond donors (Lipinski definition) is 0. The van der Waals surface area contributed by atoms with Gasteiger partial charge in [0, 0.05) is 5.56 Å². The Balaban J connectivity index is 2.23. The van der Waals surface area contributed by atoms with Gasteiger partial charge in [-0.15, -0.1) is 0 Å². The smallest absolute Gasteiger partial charge is 0.358 e. The van der Waals surface area contributed by atoms with Crippen LogP contribution in [0.25, 0.3) is 0 Å². The number of nitro groups is 1. The highest BCUT2D eigenvalue weighted by Gasteiger charge is 2.20. The van der Waals surface area contributed by atoms with E-state index in [4.69, 9.17) is 0 Å². The molecule has 0 N–H and O–H groups in total. The highest BCUT2D eigenvalue weighted by atomic mass is 16.6. The quantitative estimate of drug-likeness (QED) is 0.470. The van der Waals surface area contributed by atoms with E-state index in [1.54, 1.807) is 31.2 Å². The van der Waals surface area contributed by atoms with Crippen LogP contribution >= 0.6 is 0 Å². The molecule has 0 radical (unpaired) electrons. The van der Waals surface area contributed by atoms with Crippen LogP contribution in [0.2, 0.25) is 0 Å². The van der Waals surface area contributed by atoms with Crippen LogP contribution < -0.4 is 0 Å². The highest BCUT2D eigenvalue weighted by molar-refractivity contribution is 5.98. The lowest BCUT2D eigenvalue weighted by Crippen LogP contribution is -2.15. The maximum atomic E-state index is 12.1. The van der Waals surface area contributed by atoms with E-state index in [0.29, 0.717) is 5.56 Å². The molecule has 2 aromatic rings. The third kappa shape index (κ3) is 2.27. The number of hydrogen-bond acceptors (Lipinski definition) is 4. The number of ketones is 1. The molecule has 0 saturated heterocycles. The van der Waals surface area contributed by atoms with Gasteiger partial charge in [-0.2, -0.15) is 0 Å². The third-order valence-corrected chi connectivity index (χ3v) is 2.66. The number of Topliss-reactive ketones (excluding diaryl/α,β-unsaturated/α-hetero) is 1. The van der Waals surface area contributed by atoms with Crippen LogP contribution in [0.3, 0.4) is 0 Å². The molecular weight excluding hydrogens is 234 g/mol. The molecule has 1 unspecified atom stereocenters. The summed E-state index contributed by atoms with van der Waals surface area (Å²) in [4.78, 5) is 25.7. The van der Waals surface area contributed by atoms with Gasteiger partial charge in [0.15, 0.2) is 5.78 Å². The fourth-order valence-corrected chi connectivity index (χ4v) is 1.61. The number of aromatic nitrogens is 2. The summed E-state index contributed by atoms with van der Waals surface area (Å²) in [5.41, 5.74) is 0.571. The first-order valence-electron chi connectivity index (χ1n) is 5.36. The minimum absolute atomic E-state index is 0.108. The second-order valence-electron chi connectivity index (χ2n) is 3.84. The number of benzene rings is 1. The van der Waals surface area contributed by atoms with Crippen molar-refractivity contribution >= 4 is 11.6 Å². The molecule has 1 heterocycles. The predicted molar refractivity (Wildman–Crippen MR) is 64.4 cm³/mol. The topological polar surface area (TPSA) is 78.0 Å². The second kappa shape index (κ2) is 4.79. The summed E-state index contributed by atoms with van der Waals surface area (Å²) >= 11 is 0. The van der Waals surface area contributed by atoms with Crippen molar-refractivity contribution in [1.82, 2.24) is 9.55 Å². The summed E-state index contributed by atoms with van der Waals surface area (Å²) in [5, 5.41) is 10.5. The van der Waals surface area contributed by atoms with Crippen LogP contribution in [-0.2, 0) is 0 Å². The van der Waals surface area contributed by atoms with Crippen molar-refractivity contribution in [3.05, 3.63) is 58.5 Å². The molecular formula is C12H11N3O3. The molecule has 0 aliphatic carbocycles. The Kier molecular flexibility index (Phi) is 3.18. The van der Waals surface area contributed by atoms with Gasteiger partial charge in [-0.3, -0.25) is 9.36 Å². The first kappa shape index (κ1) is 12.0. The molecule has 1 atom stereocenters. The van der Waals surface area contributed by atoms with Gasteiger partial charge in [-0.05, 0) is 16.8 Å². The fraction of sp³-hybridized carbons (Fsp3) is 0.167. The Morgan fingerprint density at radius 3 is 2.61 bits per heavy atom. The van der Waals surface area contributed by atoms with Crippen LogP contribution in [-0.4, -0.2) is 20.3 Å². The van der Waals surface area contributed by atoms with Gasteiger partial charge >= 0.3 is 5.82 Å². The molecule has 0 spiro atoms. The molecule has 1 aromatic heterocycles. The van der Waals surface area contributed by atoms with E-state index >= 15 is 0 Å². The van der Waals surface area contributed by atoms with Gasteiger partial charge in [-0.1, -0.05) is 30.3 Å². The number of nitrogens with zero attached hydrogens (tertiary/aromatic N) is 3. The summed E-state index contributed by atoms with van der Waals surface area (Å²) in [6.45, 7) is 1.68. The first-order valence-corrected chi connectivity index (χ1v) is 5.36. The molecule has 0 bridgehead atoms. The summed E-state index contributed by atoms with van der Waals surface area (Å²) in [7, 11) is 0. The zero-order chi connectivity index (χ0) is 13.1. The molecule has 6 heteroatoms. The number of imidazole rings is 1. The summed E-state index contributed by atoms with van der Waals surface area (Å²) in [5.74, 6) is -0.370. The average molecular weight is 245 g/mol. The molecule has 0 saturated carbocycles. The van der Waals surface area contributed by atoms with Crippen molar-refractivity contribution < 1.29 is 9.72 Å². The zero-order valence-electron chi connectivity index (χ0n) is 9.69. The first-order chi connectivity index (χ1) is 8.59. The van der Waals surface area contributed by atoms with E-state index in [9.17, 15) is 14.9 Å². The van der Waals surface area contributed by atoms with Gasteiger partial charge < -0.3 is 10.1 Å². The van der Waals surface area contributed by atoms with Crippen LogP contribution in [0.4, 0.5) is 5.82 Å². The van der Waals surface area contributed by atoms with Crippen LogP contribution in [0, 0.1) is 10.1 Å². The molecule has 6 nitrogen and oxygen atoms in total. The maximum absolute atomic E-state index is 12.1. The lowest BCUT2D eigenvalue weighted by molar-refractivity contribution is -0.389. The monoisotopic (exact) mass is 245 g/mol. The van der Waals surface area contributed by atoms with E-state index in [2.05, 4.69) is 4.98 Å². The summed E-state index contributed by atoms with van der Waals surface area (Å²) < 4.78 is 1.44. The molecule has 0 fully saturated rings. The van der Waals surface area contributed by atoms with Crippen LogP contribution in [0.1, 0.15) is 23.3 Å². The Bertz CT molecular complexity index is 577. The minimum atomic E-state index is -0.587. The van der Waals surface area contributed by atoms with Crippen LogP contribution in [0.5, 0.6) is 0 Å². The third-order valence-electron chi connectivity index (χ3n) is 2.66. The molecule has 0 aliphatic heterocycles. The van der Waals surface area contributed by atoms with Crippen LogP contribution in [0.15, 0.2) is 42.9 Å². The van der Waals surface area contributed by atoms with Gasteiger partial charge in [0.1, 0.15) is 6.20 Å². The standard InChI is InChI=1S/C12H11N3O3/c1-9(12(16)10-5-3-2-4-6-10)14-7-11(13-8-14)15(17)18/h2-9H,1H3. The SMILES string of the molecule is CC(C(=O)c1ccccc1)n1cnc([N+](=O)[O-])c1. The van der Waals surface area contributed by atoms with Crippen molar-refractivity contribution in [3.63, 3.8) is 0 Å². The van der Waals surface area contributed by atoms with Crippen molar-refractivity contribution in [3.8, 4) is 0 Å². The summed E-state index contributed by atoms with van der Waals surface area (Å²) in [6, 6.07) is 8.28. The molecule has 0 aliphatic rings. The Hall–Kier alpha value is -2.50. The second-order valence-corrected chi connectivity index (χ2v) is 3.84. The number of rotatable bonds is 4. The van der Waals surface area contributed by atoms with E-state index < -0.39 is 11.0 Å². The Morgan fingerprint density at radius 2 is 2.06 bits per heavy atom. The van der Waals surface area contributed by atoms with Gasteiger partial charge in [0.05, 0.1) is 6.04 Å². The Morgan fingerprint density at radius 1 is 1.39 bits per heavy atom. The van der Waals surface area contributed by atoms with Crippen molar-refractivity contribution in [2.24, 2.45) is 0 Å².